The standard InChI is InChI=1S/C10H19NO3Si/c1-10(8-11,14-15(2,3)4)7-5-6-9(12)13/h5-7H2,1-4H3,(H,12,13). The van der Waals surface area contributed by atoms with E-state index in [0.29, 0.717) is 12.8 Å². The summed E-state index contributed by atoms with van der Waals surface area (Å²) in [4.78, 5) is 10.3. The third kappa shape index (κ3) is 7.11. The molecule has 0 saturated heterocycles. The highest BCUT2D eigenvalue weighted by molar-refractivity contribution is 6.69. The van der Waals surface area contributed by atoms with E-state index in [1.165, 1.54) is 0 Å². The molecule has 0 radical (unpaired) electrons. The third-order valence-electron chi connectivity index (χ3n) is 1.81. The fraction of sp³-hybridized carbons (Fsp3) is 0.800. The Morgan fingerprint density at radius 2 is 2.07 bits per heavy atom. The number of carboxylic acid groups (broad SMARTS) is 1. The second kappa shape index (κ2) is 5.28. The summed E-state index contributed by atoms with van der Waals surface area (Å²) in [5, 5.41) is 17.5. The molecule has 0 fully saturated rings. The van der Waals surface area contributed by atoms with Gasteiger partial charge in [-0.05, 0) is 39.4 Å². The van der Waals surface area contributed by atoms with Crippen molar-refractivity contribution in [1.82, 2.24) is 0 Å². The van der Waals surface area contributed by atoms with E-state index >= 15 is 0 Å². The van der Waals surface area contributed by atoms with Gasteiger partial charge in [0, 0.05) is 6.42 Å². The molecule has 0 bridgehead atoms. The summed E-state index contributed by atoms with van der Waals surface area (Å²) < 4.78 is 5.74. The zero-order valence-electron chi connectivity index (χ0n) is 9.83. The molecular formula is C10H19NO3Si. The van der Waals surface area contributed by atoms with Crippen LogP contribution < -0.4 is 0 Å². The molecule has 1 atom stereocenters. The van der Waals surface area contributed by atoms with Crippen molar-refractivity contribution in [2.24, 2.45) is 0 Å². The fourth-order valence-electron chi connectivity index (χ4n) is 1.38. The van der Waals surface area contributed by atoms with Crippen molar-refractivity contribution in [3.63, 3.8) is 0 Å². The van der Waals surface area contributed by atoms with E-state index in [2.05, 4.69) is 6.07 Å². The Bertz CT molecular complexity index is 267. The Morgan fingerprint density at radius 1 is 1.53 bits per heavy atom. The van der Waals surface area contributed by atoms with Gasteiger partial charge in [-0.15, -0.1) is 0 Å². The number of nitriles is 1. The molecule has 0 saturated carbocycles. The lowest BCUT2D eigenvalue weighted by atomic mass is 10.0. The molecule has 0 spiro atoms. The monoisotopic (exact) mass is 229 g/mol. The highest BCUT2D eigenvalue weighted by atomic mass is 28.4. The van der Waals surface area contributed by atoms with Crippen LogP contribution in [-0.4, -0.2) is 25.0 Å². The lowest BCUT2D eigenvalue weighted by Gasteiger charge is -2.30. The van der Waals surface area contributed by atoms with Gasteiger partial charge in [0.1, 0.15) is 5.60 Å². The summed E-state index contributed by atoms with van der Waals surface area (Å²) >= 11 is 0. The summed E-state index contributed by atoms with van der Waals surface area (Å²) in [5.74, 6) is -0.830. The molecule has 0 aliphatic carbocycles. The number of hydrogen-bond acceptors (Lipinski definition) is 3. The van der Waals surface area contributed by atoms with Gasteiger partial charge in [-0.1, -0.05) is 0 Å². The van der Waals surface area contributed by atoms with Crippen molar-refractivity contribution < 1.29 is 14.3 Å². The maximum absolute atomic E-state index is 10.3. The summed E-state index contributed by atoms with van der Waals surface area (Å²) in [5.41, 5.74) is -0.833. The van der Waals surface area contributed by atoms with Crippen molar-refractivity contribution in [2.75, 3.05) is 0 Å². The minimum absolute atomic E-state index is 0.0896. The second-order valence-electron chi connectivity index (χ2n) is 4.80. The van der Waals surface area contributed by atoms with E-state index in [4.69, 9.17) is 14.8 Å². The molecule has 0 amide bonds. The smallest absolute Gasteiger partial charge is 0.303 e. The number of carboxylic acids is 1. The highest BCUT2D eigenvalue weighted by Crippen LogP contribution is 2.22. The van der Waals surface area contributed by atoms with Crippen molar-refractivity contribution in [1.29, 1.82) is 5.26 Å². The molecule has 0 rings (SSSR count). The van der Waals surface area contributed by atoms with E-state index in [1.54, 1.807) is 6.92 Å². The average molecular weight is 229 g/mol. The SMILES string of the molecule is CC(C#N)(CCCC(=O)O)O[Si](C)(C)C. The van der Waals surface area contributed by atoms with Gasteiger partial charge in [0.15, 0.2) is 8.32 Å². The van der Waals surface area contributed by atoms with Crippen LogP contribution in [0.4, 0.5) is 0 Å². The molecule has 0 aromatic rings. The van der Waals surface area contributed by atoms with Crippen molar-refractivity contribution in [3.8, 4) is 6.07 Å². The minimum atomic E-state index is -1.76. The van der Waals surface area contributed by atoms with Gasteiger partial charge in [0.05, 0.1) is 6.07 Å². The lowest BCUT2D eigenvalue weighted by molar-refractivity contribution is -0.137. The number of aliphatic carboxylic acids is 1. The van der Waals surface area contributed by atoms with Gasteiger partial charge in [0.25, 0.3) is 0 Å². The Morgan fingerprint density at radius 3 is 2.40 bits per heavy atom. The van der Waals surface area contributed by atoms with Gasteiger partial charge < -0.3 is 9.53 Å². The van der Waals surface area contributed by atoms with Crippen molar-refractivity contribution in [2.45, 2.75) is 51.4 Å². The van der Waals surface area contributed by atoms with Crippen LogP contribution in [0.5, 0.6) is 0 Å². The van der Waals surface area contributed by atoms with Crippen LogP contribution in [0.3, 0.4) is 0 Å². The zero-order valence-corrected chi connectivity index (χ0v) is 10.8. The number of nitrogens with zero attached hydrogens (tertiary/aromatic N) is 1. The van der Waals surface area contributed by atoms with Crippen LogP contribution in [-0.2, 0) is 9.22 Å². The van der Waals surface area contributed by atoms with Crippen LogP contribution in [0.2, 0.25) is 19.6 Å². The molecule has 0 aliphatic rings. The van der Waals surface area contributed by atoms with E-state index in [0.717, 1.165) is 0 Å². The summed E-state index contributed by atoms with van der Waals surface area (Å²) in [6.07, 6.45) is 1.04. The molecule has 0 heterocycles. The maximum Gasteiger partial charge on any atom is 0.303 e. The lowest BCUT2D eigenvalue weighted by Crippen LogP contribution is -2.39. The Labute approximate surface area is 92.0 Å². The molecular weight excluding hydrogens is 210 g/mol. The maximum atomic E-state index is 10.3. The molecule has 1 N–H and O–H groups in total. The molecule has 0 aromatic heterocycles. The second-order valence-corrected chi connectivity index (χ2v) is 9.23. The van der Waals surface area contributed by atoms with E-state index < -0.39 is 19.9 Å². The first-order valence-electron chi connectivity index (χ1n) is 5.02. The Balaban J connectivity index is 4.21. The highest BCUT2D eigenvalue weighted by Gasteiger charge is 2.31. The summed E-state index contributed by atoms with van der Waals surface area (Å²) in [7, 11) is -1.76. The number of rotatable bonds is 6. The quantitative estimate of drug-likeness (QED) is 0.710. The topological polar surface area (TPSA) is 70.3 Å². The van der Waals surface area contributed by atoms with E-state index in [9.17, 15) is 4.79 Å². The first-order valence-corrected chi connectivity index (χ1v) is 8.42. The van der Waals surface area contributed by atoms with Crippen LogP contribution >= 0.6 is 0 Å². The van der Waals surface area contributed by atoms with Crippen LogP contribution in [0.1, 0.15) is 26.2 Å². The molecule has 86 valence electrons. The Hall–Kier alpha value is -0.863. The third-order valence-corrected chi connectivity index (χ3v) is 2.88. The van der Waals surface area contributed by atoms with Gasteiger partial charge in [-0.2, -0.15) is 5.26 Å². The zero-order chi connectivity index (χ0) is 12.1. The van der Waals surface area contributed by atoms with Gasteiger partial charge in [-0.3, -0.25) is 4.79 Å². The minimum Gasteiger partial charge on any atom is -0.481 e. The molecule has 15 heavy (non-hydrogen) atoms. The van der Waals surface area contributed by atoms with Gasteiger partial charge >= 0.3 is 5.97 Å². The summed E-state index contributed by atoms with van der Waals surface area (Å²) in [6, 6.07) is 2.13. The number of carbonyl (C=O) groups is 1. The largest absolute Gasteiger partial charge is 0.481 e. The summed E-state index contributed by atoms with van der Waals surface area (Å²) in [6.45, 7) is 7.77. The average Bonchev–Trinajstić information content (AvgIpc) is 2.00. The molecule has 1 unspecified atom stereocenters. The number of hydrogen-bond donors (Lipinski definition) is 1. The van der Waals surface area contributed by atoms with Crippen LogP contribution in [0, 0.1) is 11.3 Å². The van der Waals surface area contributed by atoms with Gasteiger partial charge in [-0.25, -0.2) is 0 Å². The molecule has 0 aliphatic heterocycles. The molecule has 4 nitrogen and oxygen atoms in total. The van der Waals surface area contributed by atoms with E-state index in [1.807, 2.05) is 19.6 Å². The predicted octanol–water partition coefficient (Wildman–Crippen LogP) is 2.38. The predicted molar refractivity (Wildman–Crippen MR) is 59.9 cm³/mol. The van der Waals surface area contributed by atoms with E-state index in [-0.39, 0.29) is 6.42 Å². The fourth-order valence-corrected chi connectivity index (χ4v) is 2.88. The van der Waals surface area contributed by atoms with Crippen LogP contribution in [0.15, 0.2) is 0 Å². The Kier molecular flexibility index (Phi) is 4.98. The first-order chi connectivity index (χ1) is 6.68. The van der Waals surface area contributed by atoms with Crippen molar-refractivity contribution in [3.05, 3.63) is 0 Å². The molecule has 0 aromatic carbocycles. The molecule has 5 heteroatoms. The van der Waals surface area contributed by atoms with Gasteiger partial charge in [0.2, 0.25) is 0 Å². The first kappa shape index (κ1) is 14.1. The van der Waals surface area contributed by atoms with Crippen LogP contribution in [0.25, 0.3) is 0 Å². The van der Waals surface area contributed by atoms with Crippen molar-refractivity contribution >= 4 is 14.3 Å². The normalized spacial score (nSPS) is 15.4.